The summed E-state index contributed by atoms with van der Waals surface area (Å²) in [5.41, 5.74) is 1.61. The molecule has 2 rings (SSSR count). The van der Waals surface area contributed by atoms with E-state index in [1.807, 2.05) is 0 Å². The number of rotatable bonds is 6. The fourth-order valence-corrected chi connectivity index (χ4v) is 1.52. The second-order valence-electron chi connectivity index (χ2n) is 4.60. The number of hydrogen-bond donors (Lipinski definition) is 1. The van der Waals surface area contributed by atoms with Gasteiger partial charge in [0, 0.05) is 12.6 Å². The summed E-state index contributed by atoms with van der Waals surface area (Å²) < 4.78 is 18.6. The van der Waals surface area contributed by atoms with Gasteiger partial charge >= 0.3 is 0 Å². The van der Waals surface area contributed by atoms with Gasteiger partial charge in [-0.2, -0.15) is 0 Å². The maximum Gasteiger partial charge on any atom is 0.126 e. The van der Waals surface area contributed by atoms with Gasteiger partial charge in [-0.1, -0.05) is 6.58 Å². The second-order valence-corrected chi connectivity index (χ2v) is 4.60. The lowest BCUT2D eigenvalue weighted by atomic mass is 10.2. The van der Waals surface area contributed by atoms with Gasteiger partial charge in [0.2, 0.25) is 0 Å². The molecule has 0 atom stereocenters. The van der Waals surface area contributed by atoms with Crippen molar-refractivity contribution in [3.8, 4) is 5.75 Å². The maximum absolute atomic E-state index is 13.0. The first kappa shape index (κ1) is 12.1. The Morgan fingerprint density at radius 3 is 2.94 bits per heavy atom. The van der Waals surface area contributed by atoms with Crippen LogP contribution in [0.3, 0.4) is 0 Å². The smallest absolute Gasteiger partial charge is 0.126 e. The van der Waals surface area contributed by atoms with Crippen molar-refractivity contribution in [1.29, 1.82) is 0 Å². The highest BCUT2D eigenvalue weighted by molar-refractivity contribution is 5.29. The Balaban J connectivity index is 1.75. The molecule has 3 heteroatoms. The van der Waals surface area contributed by atoms with E-state index in [9.17, 15) is 4.39 Å². The first-order valence-electron chi connectivity index (χ1n) is 5.94. The highest BCUT2D eigenvalue weighted by atomic mass is 19.1. The largest absolute Gasteiger partial charge is 0.489 e. The van der Waals surface area contributed by atoms with Gasteiger partial charge < -0.3 is 10.1 Å². The molecule has 2 nitrogen and oxygen atoms in total. The summed E-state index contributed by atoms with van der Waals surface area (Å²) in [5, 5.41) is 3.37. The lowest BCUT2D eigenvalue weighted by Gasteiger charge is -2.10. The third-order valence-electron chi connectivity index (χ3n) is 2.79. The second kappa shape index (κ2) is 5.32. The van der Waals surface area contributed by atoms with Gasteiger partial charge in [0.15, 0.2) is 0 Å². The van der Waals surface area contributed by atoms with Crippen molar-refractivity contribution in [1.82, 2.24) is 5.32 Å². The Labute approximate surface area is 101 Å². The van der Waals surface area contributed by atoms with E-state index in [0.717, 1.165) is 12.1 Å². The monoisotopic (exact) mass is 235 g/mol. The summed E-state index contributed by atoms with van der Waals surface area (Å²) >= 11 is 0. The molecule has 17 heavy (non-hydrogen) atoms. The lowest BCUT2D eigenvalue weighted by molar-refractivity contribution is 0.347. The van der Waals surface area contributed by atoms with Crippen molar-refractivity contribution in [3.05, 3.63) is 41.7 Å². The van der Waals surface area contributed by atoms with Crippen molar-refractivity contribution >= 4 is 0 Å². The zero-order valence-electron chi connectivity index (χ0n) is 10.1. The number of halogens is 1. The molecule has 0 amide bonds. The van der Waals surface area contributed by atoms with Gasteiger partial charge in [0.1, 0.15) is 18.2 Å². The minimum atomic E-state index is -0.202. The summed E-state index contributed by atoms with van der Waals surface area (Å²) in [6, 6.07) is 5.45. The highest BCUT2D eigenvalue weighted by Gasteiger charge is 2.20. The molecule has 1 aliphatic rings. The quantitative estimate of drug-likeness (QED) is 0.765. The predicted molar refractivity (Wildman–Crippen MR) is 66.8 cm³/mol. The fraction of sp³-hybridized carbons (Fsp3) is 0.429. The number of hydrogen-bond acceptors (Lipinski definition) is 2. The number of nitrogens with one attached hydrogen (secondary N) is 1. The predicted octanol–water partition coefficient (Wildman–Crippen LogP) is 2.82. The van der Waals surface area contributed by atoms with Crippen LogP contribution in [-0.2, 0) is 0 Å². The van der Waals surface area contributed by atoms with Crippen molar-refractivity contribution in [3.63, 3.8) is 0 Å². The van der Waals surface area contributed by atoms with Crippen LogP contribution in [0.1, 0.15) is 18.4 Å². The molecular formula is C14H18FNO. The molecule has 0 bridgehead atoms. The van der Waals surface area contributed by atoms with Gasteiger partial charge in [0.25, 0.3) is 0 Å². The average Bonchev–Trinajstić information content (AvgIpc) is 3.12. The average molecular weight is 235 g/mol. The van der Waals surface area contributed by atoms with Crippen LogP contribution in [0, 0.1) is 12.7 Å². The van der Waals surface area contributed by atoms with E-state index in [1.165, 1.54) is 18.9 Å². The number of benzene rings is 1. The normalized spacial score (nSPS) is 14.7. The van der Waals surface area contributed by atoms with E-state index in [0.29, 0.717) is 24.0 Å². The lowest BCUT2D eigenvalue weighted by Crippen LogP contribution is -2.21. The van der Waals surface area contributed by atoms with Crippen molar-refractivity contribution in [2.75, 3.05) is 13.2 Å². The maximum atomic E-state index is 13.0. The third-order valence-corrected chi connectivity index (χ3v) is 2.79. The first-order valence-corrected chi connectivity index (χ1v) is 5.94. The molecule has 0 saturated heterocycles. The number of ether oxygens (including phenoxy) is 1. The third kappa shape index (κ3) is 3.86. The molecule has 1 aromatic carbocycles. The van der Waals surface area contributed by atoms with E-state index in [1.54, 1.807) is 19.1 Å². The Morgan fingerprint density at radius 1 is 1.53 bits per heavy atom. The van der Waals surface area contributed by atoms with Crippen LogP contribution in [0.5, 0.6) is 5.75 Å². The van der Waals surface area contributed by atoms with Crippen molar-refractivity contribution in [2.24, 2.45) is 0 Å². The summed E-state index contributed by atoms with van der Waals surface area (Å²) in [6.45, 7) is 6.95. The first-order chi connectivity index (χ1) is 8.15. The van der Waals surface area contributed by atoms with E-state index >= 15 is 0 Å². The fourth-order valence-electron chi connectivity index (χ4n) is 1.52. The molecule has 0 aromatic heterocycles. The molecule has 1 aromatic rings. The van der Waals surface area contributed by atoms with Crippen LogP contribution >= 0.6 is 0 Å². The van der Waals surface area contributed by atoms with E-state index in [2.05, 4.69) is 11.9 Å². The van der Waals surface area contributed by atoms with E-state index in [4.69, 9.17) is 4.74 Å². The minimum absolute atomic E-state index is 0.202. The SMILES string of the molecule is C=C(CNC1CC1)COc1ccc(F)c(C)c1. The summed E-state index contributed by atoms with van der Waals surface area (Å²) in [6.07, 6.45) is 2.54. The zero-order chi connectivity index (χ0) is 12.3. The van der Waals surface area contributed by atoms with Crippen LogP contribution in [-0.4, -0.2) is 19.2 Å². The summed E-state index contributed by atoms with van der Waals surface area (Å²) in [5.74, 6) is 0.489. The van der Waals surface area contributed by atoms with Crippen molar-refractivity contribution in [2.45, 2.75) is 25.8 Å². The standard InChI is InChI=1S/C14H18FNO/c1-10(8-16-12-3-4-12)9-17-13-5-6-14(15)11(2)7-13/h5-7,12,16H,1,3-4,8-9H2,2H3. The molecular weight excluding hydrogens is 217 g/mol. The van der Waals surface area contributed by atoms with Gasteiger partial charge in [-0.05, 0) is 49.1 Å². The molecule has 1 aliphatic carbocycles. The van der Waals surface area contributed by atoms with Gasteiger partial charge in [-0.25, -0.2) is 4.39 Å². The molecule has 0 radical (unpaired) electrons. The molecule has 1 saturated carbocycles. The Bertz CT molecular complexity index is 413. The Morgan fingerprint density at radius 2 is 2.29 bits per heavy atom. The molecule has 1 fully saturated rings. The molecule has 0 heterocycles. The van der Waals surface area contributed by atoms with E-state index < -0.39 is 0 Å². The van der Waals surface area contributed by atoms with Crippen LogP contribution < -0.4 is 10.1 Å². The van der Waals surface area contributed by atoms with Crippen LogP contribution in [0.15, 0.2) is 30.4 Å². The van der Waals surface area contributed by atoms with Crippen LogP contribution in [0.25, 0.3) is 0 Å². The molecule has 0 aliphatic heterocycles. The summed E-state index contributed by atoms with van der Waals surface area (Å²) in [7, 11) is 0. The topological polar surface area (TPSA) is 21.3 Å². The number of aryl methyl sites for hydroxylation is 1. The zero-order valence-corrected chi connectivity index (χ0v) is 10.1. The molecule has 0 unspecified atom stereocenters. The minimum Gasteiger partial charge on any atom is -0.489 e. The van der Waals surface area contributed by atoms with Crippen LogP contribution in [0.4, 0.5) is 4.39 Å². The summed E-state index contributed by atoms with van der Waals surface area (Å²) in [4.78, 5) is 0. The van der Waals surface area contributed by atoms with Gasteiger partial charge in [0.05, 0.1) is 0 Å². The van der Waals surface area contributed by atoms with E-state index in [-0.39, 0.29) is 5.82 Å². The Hall–Kier alpha value is -1.35. The molecule has 0 spiro atoms. The molecule has 92 valence electrons. The molecule has 1 N–H and O–H groups in total. The van der Waals surface area contributed by atoms with Crippen molar-refractivity contribution < 1.29 is 9.13 Å². The van der Waals surface area contributed by atoms with Crippen LogP contribution in [0.2, 0.25) is 0 Å². The highest BCUT2D eigenvalue weighted by Crippen LogP contribution is 2.19. The Kier molecular flexibility index (Phi) is 3.79. The van der Waals surface area contributed by atoms with Gasteiger partial charge in [-0.3, -0.25) is 0 Å². The van der Waals surface area contributed by atoms with Gasteiger partial charge in [-0.15, -0.1) is 0 Å².